The smallest absolute Gasteiger partial charge is 0.179 e. The molecule has 0 unspecified atom stereocenters. The van der Waals surface area contributed by atoms with Crippen molar-refractivity contribution in [2.45, 2.75) is 33.5 Å². The molecular weight excluding hydrogens is 168 g/mol. The third-order valence-corrected chi connectivity index (χ3v) is 4.52. The van der Waals surface area contributed by atoms with Crippen LogP contribution in [0.3, 0.4) is 0 Å². The molecule has 0 aliphatic carbocycles. The number of ether oxygens (including phenoxy) is 1. The van der Waals surface area contributed by atoms with E-state index in [2.05, 4.69) is 29.9 Å². The molecule has 0 saturated carbocycles. The molecule has 0 spiro atoms. The molecule has 1 saturated heterocycles. The van der Waals surface area contributed by atoms with Crippen LogP contribution in [0, 0.1) is 0 Å². The van der Waals surface area contributed by atoms with Gasteiger partial charge in [-0.2, -0.15) is 0 Å². The average Bonchev–Trinajstić information content (AvgIpc) is 2.05. The lowest BCUT2D eigenvalue weighted by molar-refractivity contribution is -0.130. The molecular formula is C8H20N2OSi. The van der Waals surface area contributed by atoms with Gasteiger partial charge in [-0.25, -0.2) is 0 Å². The Morgan fingerprint density at radius 2 is 1.75 bits per heavy atom. The molecule has 12 heavy (non-hydrogen) atoms. The normalized spacial score (nSPS) is 27.8. The zero-order valence-corrected chi connectivity index (χ0v) is 9.83. The summed E-state index contributed by atoms with van der Waals surface area (Å²) in [4.78, 5) is 0. The Morgan fingerprint density at radius 3 is 2.17 bits per heavy atom. The SMILES string of the molecule is CCCOC1N(CC)[SiH2]N1CC. The Morgan fingerprint density at radius 1 is 1.17 bits per heavy atom. The van der Waals surface area contributed by atoms with Crippen LogP contribution in [-0.4, -0.2) is 45.0 Å². The van der Waals surface area contributed by atoms with E-state index in [9.17, 15) is 0 Å². The minimum Gasteiger partial charge on any atom is -0.351 e. The maximum Gasteiger partial charge on any atom is 0.179 e. The van der Waals surface area contributed by atoms with Gasteiger partial charge in [0.15, 0.2) is 16.2 Å². The molecule has 1 aliphatic rings. The second-order valence-corrected chi connectivity index (χ2v) is 5.06. The topological polar surface area (TPSA) is 15.7 Å². The van der Waals surface area contributed by atoms with Gasteiger partial charge in [0, 0.05) is 6.61 Å². The number of hydrogen-bond donors (Lipinski definition) is 0. The Hall–Kier alpha value is 0.0969. The van der Waals surface area contributed by atoms with E-state index in [4.69, 9.17) is 4.74 Å². The van der Waals surface area contributed by atoms with E-state index in [0.717, 1.165) is 26.1 Å². The Labute approximate surface area is 77.7 Å². The first-order valence-electron chi connectivity index (χ1n) is 4.93. The molecule has 0 aromatic carbocycles. The lowest BCUT2D eigenvalue weighted by Crippen LogP contribution is -2.67. The lowest BCUT2D eigenvalue weighted by atomic mass is 10.5. The van der Waals surface area contributed by atoms with Crippen LogP contribution in [0.5, 0.6) is 0 Å². The Bertz CT molecular complexity index is 124. The summed E-state index contributed by atoms with van der Waals surface area (Å²) in [7, 11) is -0.101. The summed E-state index contributed by atoms with van der Waals surface area (Å²) >= 11 is 0. The van der Waals surface area contributed by atoms with Gasteiger partial charge in [-0.3, -0.25) is 9.13 Å². The summed E-state index contributed by atoms with van der Waals surface area (Å²) in [5.41, 5.74) is 0. The van der Waals surface area contributed by atoms with Crippen LogP contribution in [0.2, 0.25) is 0 Å². The van der Waals surface area contributed by atoms with Crippen molar-refractivity contribution in [3.8, 4) is 0 Å². The molecule has 0 atom stereocenters. The van der Waals surface area contributed by atoms with Crippen molar-refractivity contribution in [2.24, 2.45) is 0 Å². The van der Waals surface area contributed by atoms with E-state index in [1.807, 2.05) is 0 Å². The molecule has 3 nitrogen and oxygen atoms in total. The quantitative estimate of drug-likeness (QED) is 0.579. The second kappa shape index (κ2) is 4.96. The Balaban J connectivity index is 2.25. The van der Waals surface area contributed by atoms with E-state index < -0.39 is 0 Å². The van der Waals surface area contributed by atoms with Crippen LogP contribution in [-0.2, 0) is 4.74 Å². The molecule has 4 heteroatoms. The number of hydrogen-bond acceptors (Lipinski definition) is 3. The van der Waals surface area contributed by atoms with Crippen LogP contribution in [0.4, 0.5) is 0 Å². The molecule has 1 heterocycles. The first-order valence-corrected chi connectivity index (χ1v) is 6.19. The summed E-state index contributed by atoms with van der Waals surface area (Å²) < 4.78 is 10.7. The van der Waals surface area contributed by atoms with Crippen molar-refractivity contribution in [3.05, 3.63) is 0 Å². The summed E-state index contributed by atoms with van der Waals surface area (Å²) in [5.74, 6) is 0. The van der Waals surface area contributed by atoms with Crippen LogP contribution < -0.4 is 0 Å². The summed E-state index contributed by atoms with van der Waals surface area (Å²) in [6, 6.07) is 0. The second-order valence-electron chi connectivity index (χ2n) is 3.15. The van der Waals surface area contributed by atoms with Crippen molar-refractivity contribution >= 4 is 9.84 Å². The fourth-order valence-corrected chi connectivity index (χ4v) is 2.96. The van der Waals surface area contributed by atoms with Crippen molar-refractivity contribution in [1.29, 1.82) is 0 Å². The maximum absolute atomic E-state index is 5.72. The van der Waals surface area contributed by atoms with Crippen LogP contribution in [0.25, 0.3) is 0 Å². The van der Waals surface area contributed by atoms with E-state index in [-0.39, 0.29) is 9.84 Å². The van der Waals surface area contributed by atoms with Crippen LogP contribution >= 0.6 is 0 Å². The van der Waals surface area contributed by atoms with Crippen molar-refractivity contribution in [1.82, 2.24) is 9.13 Å². The van der Waals surface area contributed by atoms with Gasteiger partial charge in [0.05, 0.1) is 0 Å². The molecule has 1 aliphatic heterocycles. The molecule has 0 bridgehead atoms. The molecule has 0 radical (unpaired) electrons. The summed E-state index contributed by atoms with van der Waals surface area (Å²) in [6.07, 6.45) is 1.44. The third-order valence-electron chi connectivity index (χ3n) is 2.27. The zero-order valence-electron chi connectivity index (χ0n) is 8.42. The predicted octanol–water partition coefficient (Wildman–Crippen LogP) is 0.353. The average molecular weight is 188 g/mol. The van der Waals surface area contributed by atoms with Crippen molar-refractivity contribution < 1.29 is 4.74 Å². The highest BCUT2D eigenvalue weighted by molar-refractivity contribution is 6.31. The fourth-order valence-electron chi connectivity index (χ4n) is 1.45. The molecule has 72 valence electrons. The van der Waals surface area contributed by atoms with Gasteiger partial charge in [0.1, 0.15) is 0 Å². The maximum atomic E-state index is 5.72. The van der Waals surface area contributed by atoms with E-state index in [0.29, 0.717) is 6.35 Å². The van der Waals surface area contributed by atoms with E-state index >= 15 is 0 Å². The standard InChI is InChI=1S/C8H20N2OSi/c1-4-7-11-8-9(5-2)12-10(8)6-3/h8H,4-7,12H2,1-3H3. The van der Waals surface area contributed by atoms with Crippen molar-refractivity contribution in [2.75, 3.05) is 19.7 Å². The minimum atomic E-state index is -0.101. The van der Waals surface area contributed by atoms with Gasteiger partial charge in [-0.05, 0) is 19.5 Å². The van der Waals surface area contributed by atoms with Gasteiger partial charge >= 0.3 is 0 Å². The van der Waals surface area contributed by atoms with E-state index in [1.54, 1.807) is 0 Å². The fraction of sp³-hybridized carbons (Fsp3) is 1.00. The predicted molar refractivity (Wildman–Crippen MR) is 53.3 cm³/mol. The minimum absolute atomic E-state index is 0.101. The highest BCUT2D eigenvalue weighted by Gasteiger charge is 2.34. The van der Waals surface area contributed by atoms with Crippen LogP contribution in [0.1, 0.15) is 27.2 Å². The third kappa shape index (κ3) is 2.07. The lowest BCUT2D eigenvalue weighted by Gasteiger charge is -2.49. The number of rotatable bonds is 5. The highest BCUT2D eigenvalue weighted by Crippen LogP contribution is 2.16. The van der Waals surface area contributed by atoms with Gasteiger partial charge < -0.3 is 4.74 Å². The van der Waals surface area contributed by atoms with Gasteiger partial charge in [0.2, 0.25) is 0 Å². The van der Waals surface area contributed by atoms with Gasteiger partial charge in [-0.1, -0.05) is 20.8 Å². The molecule has 0 amide bonds. The van der Waals surface area contributed by atoms with Crippen LogP contribution in [0.15, 0.2) is 0 Å². The first-order chi connectivity index (χ1) is 5.83. The van der Waals surface area contributed by atoms with Gasteiger partial charge in [0.25, 0.3) is 0 Å². The zero-order chi connectivity index (χ0) is 8.97. The molecule has 0 aromatic rings. The molecule has 1 rings (SSSR count). The largest absolute Gasteiger partial charge is 0.351 e. The first kappa shape index (κ1) is 10.2. The molecule has 0 N–H and O–H groups in total. The highest BCUT2D eigenvalue weighted by atomic mass is 28.2. The van der Waals surface area contributed by atoms with Crippen molar-refractivity contribution in [3.63, 3.8) is 0 Å². The molecule has 0 aromatic heterocycles. The Kier molecular flexibility index (Phi) is 4.21. The van der Waals surface area contributed by atoms with E-state index in [1.165, 1.54) is 0 Å². The summed E-state index contributed by atoms with van der Waals surface area (Å²) in [5, 5.41) is 0. The molecule has 1 fully saturated rings. The monoisotopic (exact) mass is 188 g/mol. The number of nitrogens with zero attached hydrogens (tertiary/aromatic N) is 2. The summed E-state index contributed by atoms with van der Waals surface area (Å²) in [6.45, 7) is 9.77. The van der Waals surface area contributed by atoms with Gasteiger partial charge in [-0.15, -0.1) is 0 Å².